The summed E-state index contributed by atoms with van der Waals surface area (Å²) in [5.74, 6) is -1.16. The zero-order valence-electron chi connectivity index (χ0n) is 21.0. The lowest BCUT2D eigenvalue weighted by molar-refractivity contribution is -0.143. The molecule has 4 rings (SSSR count). The van der Waals surface area contributed by atoms with Crippen LogP contribution >= 0.6 is 0 Å². The normalized spacial score (nSPS) is 21.3. The van der Waals surface area contributed by atoms with Gasteiger partial charge in [0.15, 0.2) is 17.3 Å². The number of ether oxygens (including phenoxy) is 4. The van der Waals surface area contributed by atoms with Crippen LogP contribution in [0.5, 0.6) is 11.5 Å². The maximum atomic E-state index is 13.6. The molecule has 1 heterocycles. The number of carbonyl (C=O) groups is 3. The molecule has 36 heavy (non-hydrogen) atoms. The zero-order chi connectivity index (χ0) is 26.0. The number of carbonyl (C=O) groups excluding carboxylic acids is 3. The Morgan fingerprint density at radius 1 is 0.861 bits per heavy atom. The van der Waals surface area contributed by atoms with Gasteiger partial charge in [-0.15, -0.1) is 0 Å². The van der Waals surface area contributed by atoms with Crippen molar-refractivity contribution in [2.45, 2.75) is 31.6 Å². The van der Waals surface area contributed by atoms with E-state index in [0.717, 1.165) is 11.1 Å². The van der Waals surface area contributed by atoms with Gasteiger partial charge in [0, 0.05) is 29.3 Å². The summed E-state index contributed by atoms with van der Waals surface area (Å²) in [5.41, 5.74) is 3.86. The summed E-state index contributed by atoms with van der Waals surface area (Å²) in [7, 11) is 5.80. The molecule has 1 aliphatic heterocycles. The van der Waals surface area contributed by atoms with Crippen molar-refractivity contribution in [3.63, 3.8) is 0 Å². The topological polar surface area (TPSA) is 100 Å². The Hall–Kier alpha value is -3.94. The van der Waals surface area contributed by atoms with Crippen molar-refractivity contribution in [2.75, 3.05) is 28.4 Å². The Balaban J connectivity index is 1.77. The fourth-order valence-electron chi connectivity index (χ4n) is 5.14. The molecular formula is C28H29NO7. The third kappa shape index (κ3) is 4.51. The molecule has 2 aliphatic rings. The molecule has 0 amide bonds. The van der Waals surface area contributed by atoms with Gasteiger partial charge in [-0.25, -0.2) is 4.79 Å². The lowest BCUT2D eigenvalue weighted by Crippen LogP contribution is -2.37. The second-order valence-electron chi connectivity index (χ2n) is 8.85. The van der Waals surface area contributed by atoms with Gasteiger partial charge in [-0.05, 0) is 54.7 Å². The highest BCUT2D eigenvalue weighted by Crippen LogP contribution is 2.47. The number of allylic oxidation sites excluding steroid dienone is 2. The molecular weight excluding hydrogens is 462 g/mol. The average Bonchev–Trinajstić information content (AvgIpc) is 2.90. The van der Waals surface area contributed by atoms with Crippen LogP contribution in [0.3, 0.4) is 0 Å². The first-order valence-electron chi connectivity index (χ1n) is 11.6. The molecule has 0 N–H and O–H groups in total. The minimum atomic E-state index is -0.737. The lowest BCUT2D eigenvalue weighted by atomic mass is 9.69. The van der Waals surface area contributed by atoms with Crippen LogP contribution in [0.1, 0.15) is 53.1 Å². The molecule has 188 valence electrons. The van der Waals surface area contributed by atoms with Crippen molar-refractivity contribution in [2.24, 2.45) is 10.9 Å². The van der Waals surface area contributed by atoms with E-state index in [1.54, 1.807) is 45.4 Å². The molecule has 2 aromatic carbocycles. The van der Waals surface area contributed by atoms with E-state index in [9.17, 15) is 14.4 Å². The van der Waals surface area contributed by atoms with E-state index < -0.39 is 23.8 Å². The number of hydrogen-bond donors (Lipinski definition) is 0. The maximum absolute atomic E-state index is 13.6. The molecule has 0 radical (unpaired) electrons. The lowest BCUT2D eigenvalue weighted by Gasteiger charge is -2.36. The van der Waals surface area contributed by atoms with Gasteiger partial charge in [0.1, 0.15) is 5.92 Å². The van der Waals surface area contributed by atoms with Crippen molar-refractivity contribution in [3.05, 3.63) is 70.4 Å². The summed E-state index contributed by atoms with van der Waals surface area (Å²) < 4.78 is 20.7. The Kier molecular flexibility index (Phi) is 7.24. The highest BCUT2D eigenvalue weighted by Gasteiger charge is 2.44. The summed E-state index contributed by atoms with van der Waals surface area (Å²) in [6.45, 7) is 1.78. The molecule has 0 saturated heterocycles. The first kappa shape index (κ1) is 25.2. The molecule has 8 heteroatoms. The second-order valence-corrected chi connectivity index (χ2v) is 8.85. The first-order chi connectivity index (χ1) is 17.3. The largest absolute Gasteiger partial charge is 0.493 e. The average molecular weight is 492 g/mol. The predicted octanol–water partition coefficient (Wildman–Crippen LogP) is 4.24. The highest BCUT2D eigenvalue weighted by molar-refractivity contribution is 6.09. The summed E-state index contributed by atoms with van der Waals surface area (Å²) in [6.07, 6.45) is 0.812. The quantitative estimate of drug-likeness (QED) is 0.557. The monoisotopic (exact) mass is 491 g/mol. The number of nitrogens with zero attached hydrogens (tertiary/aromatic N) is 1. The fraction of sp³-hybridized carbons (Fsp3) is 0.357. The van der Waals surface area contributed by atoms with E-state index in [4.69, 9.17) is 23.9 Å². The van der Waals surface area contributed by atoms with Crippen molar-refractivity contribution in [1.82, 2.24) is 0 Å². The van der Waals surface area contributed by atoms with E-state index >= 15 is 0 Å². The van der Waals surface area contributed by atoms with Crippen LogP contribution in [-0.2, 0) is 19.1 Å². The molecule has 1 aliphatic carbocycles. The van der Waals surface area contributed by atoms with Crippen LogP contribution < -0.4 is 9.47 Å². The smallest absolute Gasteiger partial charge is 0.337 e. The highest BCUT2D eigenvalue weighted by atomic mass is 16.5. The van der Waals surface area contributed by atoms with Crippen molar-refractivity contribution in [1.29, 1.82) is 0 Å². The minimum Gasteiger partial charge on any atom is -0.493 e. The van der Waals surface area contributed by atoms with Crippen LogP contribution in [0.2, 0.25) is 0 Å². The molecule has 0 spiro atoms. The van der Waals surface area contributed by atoms with E-state index in [1.165, 1.54) is 14.2 Å². The van der Waals surface area contributed by atoms with Crippen LogP contribution in [0.25, 0.3) is 0 Å². The number of benzene rings is 2. The fourth-order valence-corrected chi connectivity index (χ4v) is 5.14. The predicted molar refractivity (Wildman–Crippen MR) is 133 cm³/mol. The first-order valence-corrected chi connectivity index (χ1v) is 11.6. The Morgan fingerprint density at radius 2 is 1.53 bits per heavy atom. The second kappa shape index (κ2) is 10.4. The van der Waals surface area contributed by atoms with E-state index in [-0.39, 0.29) is 18.1 Å². The Labute approximate surface area is 209 Å². The molecule has 8 nitrogen and oxygen atoms in total. The third-order valence-corrected chi connectivity index (χ3v) is 6.91. The summed E-state index contributed by atoms with van der Waals surface area (Å²) >= 11 is 0. The Bertz CT molecular complexity index is 1260. The van der Waals surface area contributed by atoms with Gasteiger partial charge < -0.3 is 18.9 Å². The van der Waals surface area contributed by atoms with Gasteiger partial charge in [0.25, 0.3) is 0 Å². The van der Waals surface area contributed by atoms with Gasteiger partial charge in [-0.3, -0.25) is 14.6 Å². The zero-order valence-corrected chi connectivity index (χ0v) is 21.0. The van der Waals surface area contributed by atoms with E-state index in [1.807, 2.05) is 18.2 Å². The van der Waals surface area contributed by atoms with Crippen LogP contribution in [0.4, 0.5) is 0 Å². The third-order valence-electron chi connectivity index (χ3n) is 6.91. The molecule has 1 unspecified atom stereocenters. The number of aliphatic imine (C=N–C) groups is 1. The van der Waals surface area contributed by atoms with Gasteiger partial charge in [0.2, 0.25) is 0 Å². The maximum Gasteiger partial charge on any atom is 0.337 e. The molecule has 2 aromatic rings. The van der Waals surface area contributed by atoms with Gasteiger partial charge in [-0.1, -0.05) is 18.2 Å². The molecule has 0 fully saturated rings. The van der Waals surface area contributed by atoms with Crippen LogP contribution in [0.15, 0.2) is 58.7 Å². The molecule has 0 saturated carbocycles. The number of esters is 2. The van der Waals surface area contributed by atoms with Gasteiger partial charge in [0.05, 0.1) is 34.0 Å². The van der Waals surface area contributed by atoms with E-state index in [2.05, 4.69) is 0 Å². The molecule has 3 atom stereocenters. The Morgan fingerprint density at radius 3 is 2.14 bits per heavy atom. The van der Waals surface area contributed by atoms with Gasteiger partial charge in [-0.2, -0.15) is 0 Å². The summed E-state index contributed by atoms with van der Waals surface area (Å²) in [6, 6.07) is 12.4. The number of Topliss-reactive ketones (excluding diaryl/α,β-unsaturated/α-hetero) is 1. The number of hydrogen-bond acceptors (Lipinski definition) is 8. The van der Waals surface area contributed by atoms with Crippen LogP contribution in [0, 0.1) is 5.92 Å². The van der Waals surface area contributed by atoms with Gasteiger partial charge >= 0.3 is 11.9 Å². The van der Waals surface area contributed by atoms with Crippen LogP contribution in [-0.4, -0.2) is 51.9 Å². The minimum absolute atomic E-state index is 0.0665. The summed E-state index contributed by atoms with van der Waals surface area (Å²) in [4.78, 5) is 43.1. The van der Waals surface area contributed by atoms with Crippen molar-refractivity contribution >= 4 is 23.4 Å². The number of ketones is 1. The van der Waals surface area contributed by atoms with Crippen molar-refractivity contribution in [3.8, 4) is 11.5 Å². The molecule has 0 aromatic heterocycles. The standard InChI is InChI=1S/C28H29NO7/c1-15-24(28(32)36-5)25(16-6-8-17(9-7-16)27(31)35-4)26-20(29-15)12-19(13-21(26)30)18-10-11-22(33-2)23(14-18)34-3/h6-11,14,19,24-25H,12-13H2,1-5H3/t19-,24?,25+/m1/s1. The molecule has 0 bridgehead atoms. The summed E-state index contributed by atoms with van der Waals surface area (Å²) in [5, 5.41) is 0. The number of rotatable bonds is 6. The number of methoxy groups -OCH3 is 4. The van der Waals surface area contributed by atoms with Crippen molar-refractivity contribution < 1.29 is 33.3 Å². The van der Waals surface area contributed by atoms with E-state index in [0.29, 0.717) is 40.5 Å². The SMILES string of the molecule is COC(=O)c1ccc([C@@H]2C3=C(C[C@@H](c4ccc(OC)c(OC)c4)CC3=O)N=C(C)C2C(=O)OC)cc1.